The molecule has 0 saturated heterocycles. The Morgan fingerprint density at radius 3 is 2.58 bits per heavy atom. The predicted molar refractivity (Wildman–Crippen MR) is 130 cm³/mol. The Morgan fingerprint density at radius 1 is 1.03 bits per heavy atom. The molecule has 0 N–H and O–H groups in total. The van der Waals surface area contributed by atoms with E-state index in [1.54, 1.807) is 42.6 Å². The van der Waals surface area contributed by atoms with E-state index in [0.29, 0.717) is 42.0 Å². The van der Waals surface area contributed by atoms with Crippen LogP contribution in [-0.4, -0.2) is 36.2 Å². The lowest BCUT2D eigenvalue weighted by atomic mass is 10.1. The molecule has 2 aromatic heterocycles. The fourth-order valence-electron chi connectivity index (χ4n) is 3.38. The minimum atomic E-state index is -0.186. The summed E-state index contributed by atoms with van der Waals surface area (Å²) in [5, 5.41) is 0.596. The number of hydrogen-bond donors (Lipinski definition) is 0. The van der Waals surface area contributed by atoms with Gasteiger partial charge < -0.3 is 14.2 Å². The largest absolute Gasteiger partial charge is 0.497 e. The molecule has 0 atom stereocenters. The Balaban J connectivity index is 1.75. The maximum absolute atomic E-state index is 13.7. The number of carbonyl (C=O) groups excluding carboxylic acids is 1. The summed E-state index contributed by atoms with van der Waals surface area (Å²) in [6.45, 7) is 5.12. The van der Waals surface area contributed by atoms with Gasteiger partial charge in [0.1, 0.15) is 5.75 Å². The van der Waals surface area contributed by atoms with Crippen LogP contribution < -0.4 is 19.1 Å². The molecule has 0 spiro atoms. The van der Waals surface area contributed by atoms with Crippen LogP contribution in [0, 0.1) is 0 Å². The van der Waals surface area contributed by atoms with Crippen molar-refractivity contribution in [2.24, 2.45) is 0 Å². The number of methoxy groups -OCH3 is 1. The molecule has 0 aliphatic carbocycles. The van der Waals surface area contributed by atoms with Gasteiger partial charge in [0.25, 0.3) is 5.91 Å². The molecule has 2 aromatic carbocycles. The minimum Gasteiger partial charge on any atom is -0.497 e. The number of anilines is 1. The molecule has 0 aliphatic heterocycles. The first-order valence-electron chi connectivity index (χ1n) is 10.7. The molecule has 0 unspecified atom stereocenters. The van der Waals surface area contributed by atoms with Crippen molar-refractivity contribution in [2.45, 2.75) is 20.4 Å². The van der Waals surface area contributed by atoms with Crippen LogP contribution in [0.25, 0.3) is 10.2 Å². The lowest BCUT2D eigenvalue weighted by Crippen LogP contribution is -2.30. The van der Waals surface area contributed by atoms with Gasteiger partial charge in [0.15, 0.2) is 16.6 Å². The first kappa shape index (κ1) is 22.5. The summed E-state index contributed by atoms with van der Waals surface area (Å²) in [4.78, 5) is 24.3. The van der Waals surface area contributed by atoms with Crippen molar-refractivity contribution < 1.29 is 19.0 Å². The monoisotopic (exact) mass is 463 g/mol. The number of carbonyl (C=O) groups is 1. The summed E-state index contributed by atoms with van der Waals surface area (Å²) in [7, 11) is 1.62. The summed E-state index contributed by atoms with van der Waals surface area (Å²) < 4.78 is 17.7. The molecule has 0 saturated carbocycles. The van der Waals surface area contributed by atoms with Gasteiger partial charge in [0, 0.05) is 24.0 Å². The van der Waals surface area contributed by atoms with Gasteiger partial charge in [-0.2, -0.15) is 0 Å². The zero-order chi connectivity index (χ0) is 23.2. The zero-order valence-corrected chi connectivity index (χ0v) is 19.6. The number of hydrogen-bond acceptors (Lipinski definition) is 7. The van der Waals surface area contributed by atoms with E-state index < -0.39 is 0 Å². The van der Waals surface area contributed by atoms with Gasteiger partial charge in [-0.25, -0.2) is 4.98 Å². The lowest BCUT2D eigenvalue weighted by molar-refractivity contribution is 0.0984. The molecule has 0 bridgehead atoms. The topological polar surface area (TPSA) is 73.8 Å². The Morgan fingerprint density at radius 2 is 1.85 bits per heavy atom. The number of benzene rings is 2. The molecule has 4 rings (SSSR count). The van der Waals surface area contributed by atoms with E-state index >= 15 is 0 Å². The van der Waals surface area contributed by atoms with Crippen molar-refractivity contribution in [3.8, 4) is 17.2 Å². The fraction of sp³-hybridized carbons (Fsp3) is 0.240. The first-order chi connectivity index (χ1) is 16.1. The molecule has 7 nitrogen and oxygen atoms in total. The normalized spacial score (nSPS) is 10.8. The van der Waals surface area contributed by atoms with Crippen LogP contribution in [-0.2, 0) is 6.54 Å². The first-order valence-corrected chi connectivity index (χ1v) is 11.5. The second kappa shape index (κ2) is 10.3. The fourth-order valence-corrected chi connectivity index (χ4v) is 4.32. The van der Waals surface area contributed by atoms with Gasteiger partial charge in [-0.1, -0.05) is 17.4 Å². The van der Waals surface area contributed by atoms with Crippen LogP contribution in [0.5, 0.6) is 17.2 Å². The number of amides is 1. The van der Waals surface area contributed by atoms with Crippen LogP contribution in [0.15, 0.2) is 60.9 Å². The minimum absolute atomic E-state index is 0.186. The maximum atomic E-state index is 13.7. The molecule has 33 heavy (non-hydrogen) atoms. The molecule has 0 fully saturated rings. The summed E-state index contributed by atoms with van der Waals surface area (Å²) in [6, 6.07) is 14.7. The molecular formula is C25H25N3O4S. The third-order valence-corrected chi connectivity index (χ3v) is 5.97. The van der Waals surface area contributed by atoms with Crippen molar-refractivity contribution in [3.05, 3.63) is 72.1 Å². The average Bonchev–Trinajstić information content (AvgIpc) is 3.27. The zero-order valence-electron chi connectivity index (χ0n) is 18.8. The number of nitrogens with zero attached hydrogens (tertiary/aromatic N) is 3. The Kier molecular flexibility index (Phi) is 7.04. The van der Waals surface area contributed by atoms with E-state index in [0.717, 1.165) is 21.5 Å². The molecular weight excluding hydrogens is 438 g/mol. The van der Waals surface area contributed by atoms with Gasteiger partial charge in [-0.3, -0.25) is 14.7 Å². The molecule has 170 valence electrons. The summed E-state index contributed by atoms with van der Waals surface area (Å²) >= 11 is 1.45. The number of fused-ring (bicyclic) bond motifs is 1. The highest BCUT2D eigenvalue weighted by Crippen LogP contribution is 2.34. The molecule has 0 aliphatic rings. The Labute approximate surface area is 196 Å². The van der Waals surface area contributed by atoms with Crippen molar-refractivity contribution in [2.75, 3.05) is 25.2 Å². The maximum Gasteiger partial charge on any atom is 0.260 e. The third-order valence-electron chi connectivity index (χ3n) is 4.91. The highest BCUT2D eigenvalue weighted by Gasteiger charge is 2.23. The third kappa shape index (κ3) is 5.06. The number of thiazole rings is 1. The van der Waals surface area contributed by atoms with Crippen LogP contribution in [0.4, 0.5) is 5.13 Å². The molecule has 1 amide bonds. The van der Waals surface area contributed by atoms with E-state index in [4.69, 9.17) is 19.2 Å². The van der Waals surface area contributed by atoms with Crippen molar-refractivity contribution >= 4 is 32.6 Å². The van der Waals surface area contributed by atoms with Crippen molar-refractivity contribution in [1.82, 2.24) is 9.97 Å². The average molecular weight is 464 g/mol. The van der Waals surface area contributed by atoms with Crippen LogP contribution >= 0.6 is 11.3 Å². The number of rotatable bonds is 9. The molecule has 4 aromatic rings. The highest BCUT2D eigenvalue weighted by atomic mass is 32.1. The summed E-state index contributed by atoms with van der Waals surface area (Å²) in [6.07, 6.45) is 3.46. The van der Waals surface area contributed by atoms with E-state index in [1.165, 1.54) is 11.3 Å². The van der Waals surface area contributed by atoms with Crippen molar-refractivity contribution in [3.63, 3.8) is 0 Å². The van der Waals surface area contributed by atoms with E-state index in [9.17, 15) is 4.79 Å². The summed E-state index contributed by atoms with van der Waals surface area (Å²) in [5.74, 6) is 1.69. The SMILES string of the molecule is CCOc1ccc(C(=O)N(Cc2cccnc2)c2nc3cc(OC)ccc3s2)cc1OCC. The van der Waals surface area contributed by atoms with Crippen molar-refractivity contribution in [1.29, 1.82) is 0 Å². The standard InChI is InChI=1S/C25H25N3O4S/c1-4-31-21-10-8-18(13-22(21)32-5-2)24(29)28(16-17-7-6-12-26-15-17)25-27-20-14-19(30-3)9-11-23(20)33-25/h6-15H,4-5,16H2,1-3H3. The number of pyridine rings is 1. The second-order valence-corrected chi connectivity index (χ2v) is 8.12. The smallest absolute Gasteiger partial charge is 0.260 e. The van der Waals surface area contributed by atoms with Gasteiger partial charge in [-0.05, 0) is 55.8 Å². The predicted octanol–water partition coefficient (Wildman–Crippen LogP) is 5.34. The van der Waals surface area contributed by atoms with Crippen LogP contribution in [0.1, 0.15) is 29.8 Å². The quantitative estimate of drug-likeness (QED) is 0.333. The van der Waals surface area contributed by atoms with E-state index in [2.05, 4.69) is 4.98 Å². The molecule has 0 radical (unpaired) electrons. The van der Waals surface area contributed by atoms with Gasteiger partial charge in [0.2, 0.25) is 0 Å². The lowest BCUT2D eigenvalue weighted by Gasteiger charge is -2.21. The van der Waals surface area contributed by atoms with E-state index in [-0.39, 0.29) is 5.91 Å². The van der Waals surface area contributed by atoms with Gasteiger partial charge in [0.05, 0.1) is 37.1 Å². The molecule has 8 heteroatoms. The molecule has 2 heterocycles. The van der Waals surface area contributed by atoms with E-state index in [1.807, 2.05) is 44.2 Å². The Bertz CT molecular complexity index is 1240. The van der Waals surface area contributed by atoms with Gasteiger partial charge in [-0.15, -0.1) is 0 Å². The van der Waals surface area contributed by atoms with Crippen LogP contribution in [0.3, 0.4) is 0 Å². The van der Waals surface area contributed by atoms with Gasteiger partial charge >= 0.3 is 0 Å². The highest BCUT2D eigenvalue weighted by molar-refractivity contribution is 7.22. The number of aromatic nitrogens is 2. The number of ether oxygens (including phenoxy) is 3. The Hall–Kier alpha value is -3.65. The summed E-state index contributed by atoms with van der Waals surface area (Å²) in [5.41, 5.74) is 2.17. The van der Waals surface area contributed by atoms with Crippen LogP contribution in [0.2, 0.25) is 0 Å². The second-order valence-electron chi connectivity index (χ2n) is 7.11.